The zero-order valence-corrected chi connectivity index (χ0v) is 14.0. The molecule has 0 aliphatic heterocycles. The summed E-state index contributed by atoms with van der Waals surface area (Å²) in [5.41, 5.74) is 2.33. The highest BCUT2D eigenvalue weighted by Crippen LogP contribution is 2.35. The molecule has 1 aromatic rings. The Balaban J connectivity index is 1.92. The number of hydrogen-bond donors (Lipinski definition) is 0. The molecule has 128 valence electrons. The van der Waals surface area contributed by atoms with Gasteiger partial charge < -0.3 is 9.47 Å². The van der Waals surface area contributed by atoms with Crippen LogP contribution >= 0.6 is 0 Å². The number of ether oxygens (including phenoxy) is 2. The van der Waals surface area contributed by atoms with Gasteiger partial charge in [-0.2, -0.15) is 0 Å². The van der Waals surface area contributed by atoms with Crippen molar-refractivity contribution >= 4 is 12.1 Å². The van der Waals surface area contributed by atoms with Crippen LogP contribution < -0.4 is 0 Å². The number of unbranched alkanes of at least 4 members (excludes halogenated alkanes) is 1. The minimum atomic E-state index is -0.557. The van der Waals surface area contributed by atoms with Gasteiger partial charge in [0.25, 0.3) is 0 Å². The maximum Gasteiger partial charge on any atom is 0.413 e. The molecule has 0 fully saturated rings. The molecule has 0 heterocycles. The quantitative estimate of drug-likeness (QED) is 0.437. The van der Waals surface area contributed by atoms with E-state index in [9.17, 15) is 9.59 Å². The molecule has 1 amide bonds. The smallest absolute Gasteiger partial charge is 0.413 e. The Hall–Kier alpha value is -2.48. The monoisotopic (exact) mass is 329 g/mol. The van der Waals surface area contributed by atoms with E-state index in [0.29, 0.717) is 6.42 Å². The van der Waals surface area contributed by atoms with Crippen LogP contribution in [0.5, 0.6) is 0 Å². The fourth-order valence-corrected chi connectivity index (χ4v) is 2.88. The van der Waals surface area contributed by atoms with Crippen molar-refractivity contribution in [3.05, 3.63) is 35.4 Å². The lowest BCUT2D eigenvalue weighted by atomic mass is 10.1. The van der Waals surface area contributed by atoms with Crippen molar-refractivity contribution < 1.29 is 19.1 Å². The third-order valence-electron chi connectivity index (χ3n) is 4.11. The fourth-order valence-electron chi connectivity index (χ4n) is 2.88. The molecule has 1 unspecified atom stereocenters. The third-order valence-corrected chi connectivity index (χ3v) is 4.11. The molecule has 0 bridgehead atoms. The minimum absolute atomic E-state index is 0.0967. The molecule has 0 spiro atoms. The first-order chi connectivity index (χ1) is 11.7. The van der Waals surface area contributed by atoms with E-state index in [1.807, 2.05) is 25.1 Å². The van der Waals surface area contributed by atoms with Gasteiger partial charge in [-0.3, -0.25) is 9.69 Å². The molecule has 5 heteroatoms. The summed E-state index contributed by atoms with van der Waals surface area (Å²) in [5.74, 6) is 2.14. The van der Waals surface area contributed by atoms with E-state index in [-0.39, 0.29) is 25.3 Å². The van der Waals surface area contributed by atoms with Crippen LogP contribution in [0.3, 0.4) is 0 Å². The fraction of sp³-hybridized carbons (Fsp3) is 0.474. The molecule has 24 heavy (non-hydrogen) atoms. The van der Waals surface area contributed by atoms with E-state index in [0.717, 1.165) is 31.2 Å². The molecule has 0 radical (unpaired) electrons. The number of amides is 1. The summed E-state index contributed by atoms with van der Waals surface area (Å²) in [5, 5.41) is 0. The standard InChI is InChI=1S/C19H23NO4/c1-3-5-10-18(21)23-14-24-19(22)20(13-4-2)17-12-11-15-8-6-7-9-16(15)17/h2,6-9,17H,3,5,10-14H2,1H3. The lowest BCUT2D eigenvalue weighted by molar-refractivity contribution is -0.152. The number of esters is 1. The Morgan fingerprint density at radius 2 is 2.12 bits per heavy atom. The van der Waals surface area contributed by atoms with Crippen molar-refractivity contribution in [1.29, 1.82) is 0 Å². The maximum absolute atomic E-state index is 12.3. The van der Waals surface area contributed by atoms with Gasteiger partial charge in [0.2, 0.25) is 6.79 Å². The van der Waals surface area contributed by atoms with Crippen LogP contribution in [0.1, 0.15) is 49.8 Å². The Morgan fingerprint density at radius 3 is 2.88 bits per heavy atom. The summed E-state index contributed by atoms with van der Waals surface area (Å²) in [7, 11) is 0. The summed E-state index contributed by atoms with van der Waals surface area (Å²) in [6.07, 6.45) is 8.56. The van der Waals surface area contributed by atoms with E-state index < -0.39 is 6.09 Å². The number of carbonyl (C=O) groups excluding carboxylic acids is 2. The highest BCUT2D eigenvalue weighted by Gasteiger charge is 2.31. The first kappa shape index (κ1) is 17.9. The highest BCUT2D eigenvalue weighted by molar-refractivity contribution is 5.71. The maximum atomic E-state index is 12.3. The third kappa shape index (κ3) is 4.51. The molecule has 5 nitrogen and oxygen atoms in total. The summed E-state index contributed by atoms with van der Waals surface area (Å²) in [6.45, 7) is 1.77. The van der Waals surface area contributed by atoms with Crippen LogP contribution in [0.4, 0.5) is 4.79 Å². The number of hydrogen-bond acceptors (Lipinski definition) is 4. The van der Waals surface area contributed by atoms with Crippen LogP contribution in [0.15, 0.2) is 24.3 Å². The average Bonchev–Trinajstić information content (AvgIpc) is 3.01. The molecular weight excluding hydrogens is 306 g/mol. The first-order valence-electron chi connectivity index (χ1n) is 8.27. The Morgan fingerprint density at radius 1 is 1.33 bits per heavy atom. The van der Waals surface area contributed by atoms with E-state index in [1.54, 1.807) is 0 Å². The second-order valence-electron chi connectivity index (χ2n) is 5.73. The molecule has 1 aliphatic rings. The molecule has 1 aliphatic carbocycles. The Kier molecular flexibility index (Phi) is 6.68. The highest BCUT2D eigenvalue weighted by atomic mass is 16.7. The summed E-state index contributed by atoms with van der Waals surface area (Å²) in [6, 6.07) is 7.91. The largest absolute Gasteiger partial charge is 0.428 e. The van der Waals surface area contributed by atoms with Crippen LogP contribution in [-0.4, -0.2) is 30.3 Å². The van der Waals surface area contributed by atoms with Crippen molar-refractivity contribution in [3.63, 3.8) is 0 Å². The average molecular weight is 329 g/mol. The van der Waals surface area contributed by atoms with Gasteiger partial charge in [0.15, 0.2) is 0 Å². The molecule has 0 N–H and O–H groups in total. The number of benzene rings is 1. The second kappa shape index (κ2) is 8.97. The van der Waals surface area contributed by atoms with Gasteiger partial charge in [-0.15, -0.1) is 6.42 Å². The molecule has 0 saturated heterocycles. The van der Waals surface area contributed by atoms with Crippen LogP contribution in [0.25, 0.3) is 0 Å². The molecule has 1 aromatic carbocycles. The molecule has 1 atom stereocenters. The molecular formula is C19H23NO4. The topological polar surface area (TPSA) is 55.8 Å². The van der Waals surface area contributed by atoms with Gasteiger partial charge >= 0.3 is 12.1 Å². The first-order valence-corrected chi connectivity index (χ1v) is 8.27. The van der Waals surface area contributed by atoms with Gasteiger partial charge in [0, 0.05) is 6.42 Å². The predicted molar refractivity (Wildman–Crippen MR) is 90.0 cm³/mol. The lowest BCUT2D eigenvalue weighted by Crippen LogP contribution is -2.35. The summed E-state index contributed by atoms with van der Waals surface area (Å²) >= 11 is 0. The number of rotatable bonds is 7. The Bertz CT molecular complexity index is 620. The summed E-state index contributed by atoms with van der Waals surface area (Å²) < 4.78 is 10.00. The van der Waals surface area contributed by atoms with E-state index >= 15 is 0 Å². The van der Waals surface area contributed by atoms with Gasteiger partial charge in [-0.1, -0.05) is 43.5 Å². The molecule has 0 saturated carbocycles. The zero-order chi connectivity index (χ0) is 17.4. The van der Waals surface area contributed by atoms with Crippen molar-refractivity contribution in [1.82, 2.24) is 4.90 Å². The van der Waals surface area contributed by atoms with Gasteiger partial charge in [-0.25, -0.2) is 4.79 Å². The van der Waals surface area contributed by atoms with E-state index in [1.165, 1.54) is 10.5 Å². The lowest BCUT2D eigenvalue weighted by Gasteiger charge is -2.27. The predicted octanol–water partition coefficient (Wildman–Crippen LogP) is 3.44. The number of fused-ring (bicyclic) bond motifs is 1. The van der Waals surface area contributed by atoms with Crippen molar-refractivity contribution in [2.45, 2.75) is 45.1 Å². The van der Waals surface area contributed by atoms with Crippen LogP contribution in [0, 0.1) is 12.3 Å². The van der Waals surface area contributed by atoms with Gasteiger partial charge in [0.05, 0.1) is 12.6 Å². The number of aryl methyl sites for hydroxylation is 1. The summed E-state index contributed by atoms with van der Waals surface area (Å²) in [4.78, 5) is 25.3. The normalized spacial score (nSPS) is 15.2. The second-order valence-corrected chi connectivity index (χ2v) is 5.73. The van der Waals surface area contributed by atoms with Gasteiger partial charge in [0.1, 0.15) is 0 Å². The number of terminal acetylenes is 1. The zero-order valence-electron chi connectivity index (χ0n) is 14.0. The minimum Gasteiger partial charge on any atom is -0.428 e. The number of carbonyl (C=O) groups is 2. The Labute approximate surface area is 142 Å². The molecule has 2 rings (SSSR count). The van der Waals surface area contributed by atoms with Crippen LogP contribution in [-0.2, 0) is 20.7 Å². The van der Waals surface area contributed by atoms with Crippen LogP contribution in [0.2, 0.25) is 0 Å². The van der Waals surface area contributed by atoms with E-state index in [2.05, 4.69) is 12.0 Å². The van der Waals surface area contributed by atoms with Gasteiger partial charge in [-0.05, 0) is 30.4 Å². The SMILES string of the molecule is C#CCN(C(=O)OCOC(=O)CCCC)C1CCc2ccccc21. The molecule has 0 aromatic heterocycles. The van der Waals surface area contributed by atoms with E-state index in [4.69, 9.17) is 15.9 Å². The number of nitrogens with zero attached hydrogens (tertiary/aromatic N) is 1. The van der Waals surface area contributed by atoms with Crippen molar-refractivity contribution in [2.75, 3.05) is 13.3 Å². The van der Waals surface area contributed by atoms with Crippen molar-refractivity contribution in [3.8, 4) is 12.3 Å². The van der Waals surface area contributed by atoms with Crippen molar-refractivity contribution in [2.24, 2.45) is 0 Å².